The number of carbonyl (C=O) groups is 1. The lowest BCUT2D eigenvalue weighted by Gasteiger charge is -2.19. The fourth-order valence-electron chi connectivity index (χ4n) is 2.05. The predicted octanol–water partition coefficient (Wildman–Crippen LogP) is 1.77. The second kappa shape index (κ2) is 5.06. The molecule has 5 heteroatoms. The highest BCUT2D eigenvalue weighted by molar-refractivity contribution is 9.10. The van der Waals surface area contributed by atoms with E-state index in [1.165, 1.54) is 0 Å². The van der Waals surface area contributed by atoms with E-state index in [2.05, 4.69) is 15.9 Å². The molecule has 1 unspecified atom stereocenters. The molecule has 1 aromatic rings. The molecule has 1 amide bonds. The van der Waals surface area contributed by atoms with E-state index in [9.17, 15) is 4.79 Å². The number of methoxy groups -OCH3 is 1. The molecular weight excluding hydrogens is 284 g/mol. The van der Waals surface area contributed by atoms with Crippen molar-refractivity contribution in [2.45, 2.75) is 6.42 Å². The van der Waals surface area contributed by atoms with Crippen LogP contribution >= 0.6 is 15.9 Å². The van der Waals surface area contributed by atoms with Crippen LogP contribution in [0.4, 0.5) is 5.69 Å². The molecule has 1 fully saturated rings. The van der Waals surface area contributed by atoms with Crippen LogP contribution in [0.15, 0.2) is 22.7 Å². The second-order valence-electron chi connectivity index (χ2n) is 4.13. The normalized spacial score (nSPS) is 19.8. The third kappa shape index (κ3) is 2.45. The third-order valence-corrected chi connectivity index (χ3v) is 3.46. The zero-order valence-corrected chi connectivity index (χ0v) is 11.2. The van der Waals surface area contributed by atoms with E-state index in [0.29, 0.717) is 25.3 Å². The quantitative estimate of drug-likeness (QED) is 0.925. The molecule has 2 N–H and O–H groups in total. The fraction of sp³-hybridized carbons (Fsp3) is 0.417. The van der Waals surface area contributed by atoms with E-state index in [0.717, 1.165) is 10.2 Å². The monoisotopic (exact) mass is 298 g/mol. The fourth-order valence-corrected chi connectivity index (χ4v) is 2.40. The van der Waals surface area contributed by atoms with Crippen molar-refractivity contribution >= 4 is 27.5 Å². The first-order chi connectivity index (χ1) is 8.15. The maximum absolute atomic E-state index is 11.9. The molecule has 4 nitrogen and oxygen atoms in total. The number of carbonyl (C=O) groups excluding carboxylic acids is 1. The SMILES string of the molecule is COc1ccc(Br)cc1N1CC(CN)CC1=O. The maximum atomic E-state index is 11.9. The maximum Gasteiger partial charge on any atom is 0.227 e. The standard InChI is InChI=1S/C12H15BrN2O2/c1-17-11-3-2-9(13)5-10(11)15-7-8(6-14)4-12(15)16/h2-3,5,8H,4,6-7,14H2,1H3. The molecule has 0 saturated carbocycles. The van der Waals surface area contributed by atoms with Crippen LogP contribution in [0.2, 0.25) is 0 Å². The Morgan fingerprint density at radius 1 is 1.59 bits per heavy atom. The van der Waals surface area contributed by atoms with Crippen LogP contribution in [0.1, 0.15) is 6.42 Å². The summed E-state index contributed by atoms with van der Waals surface area (Å²) in [6.07, 6.45) is 0.520. The molecule has 0 bridgehead atoms. The van der Waals surface area contributed by atoms with E-state index >= 15 is 0 Å². The molecule has 1 saturated heterocycles. The molecule has 2 rings (SSSR count). The van der Waals surface area contributed by atoms with Crippen molar-refractivity contribution in [3.8, 4) is 5.75 Å². The number of halogens is 1. The summed E-state index contributed by atoms with van der Waals surface area (Å²) in [7, 11) is 1.60. The molecular formula is C12H15BrN2O2. The second-order valence-corrected chi connectivity index (χ2v) is 5.04. The zero-order valence-electron chi connectivity index (χ0n) is 9.65. The van der Waals surface area contributed by atoms with Gasteiger partial charge in [0.15, 0.2) is 0 Å². The van der Waals surface area contributed by atoms with Crippen molar-refractivity contribution in [1.29, 1.82) is 0 Å². The van der Waals surface area contributed by atoms with Crippen LogP contribution in [0.3, 0.4) is 0 Å². The number of benzene rings is 1. The summed E-state index contributed by atoms with van der Waals surface area (Å²) in [5, 5.41) is 0. The largest absolute Gasteiger partial charge is 0.495 e. The van der Waals surface area contributed by atoms with Gasteiger partial charge in [-0.3, -0.25) is 4.79 Å². The lowest BCUT2D eigenvalue weighted by Crippen LogP contribution is -2.26. The molecule has 0 aliphatic carbocycles. The number of nitrogens with two attached hydrogens (primary N) is 1. The Morgan fingerprint density at radius 2 is 2.35 bits per heavy atom. The molecule has 1 aromatic carbocycles. The Morgan fingerprint density at radius 3 is 2.94 bits per heavy atom. The van der Waals surface area contributed by atoms with E-state index in [4.69, 9.17) is 10.5 Å². The predicted molar refractivity (Wildman–Crippen MR) is 70.2 cm³/mol. The molecule has 1 aliphatic heterocycles. The van der Waals surface area contributed by atoms with E-state index in [-0.39, 0.29) is 11.8 Å². The molecule has 1 heterocycles. The number of ether oxygens (including phenoxy) is 1. The minimum atomic E-state index is 0.108. The van der Waals surface area contributed by atoms with Gasteiger partial charge >= 0.3 is 0 Å². The Kier molecular flexibility index (Phi) is 3.69. The van der Waals surface area contributed by atoms with Crippen LogP contribution in [0.25, 0.3) is 0 Å². The smallest absolute Gasteiger partial charge is 0.227 e. The zero-order chi connectivity index (χ0) is 12.4. The number of rotatable bonds is 3. The van der Waals surface area contributed by atoms with Crippen molar-refractivity contribution in [3.63, 3.8) is 0 Å². The Hall–Kier alpha value is -1.07. The van der Waals surface area contributed by atoms with Crippen LogP contribution in [0.5, 0.6) is 5.75 Å². The summed E-state index contributed by atoms with van der Waals surface area (Å²) in [4.78, 5) is 13.7. The number of nitrogens with zero attached hydrogens (tertiary/aromatic N) is 1. The van der Waals surface area contributed by atoms with Crippen molar-refractivity contribution in [2.75, 3.05) is 25.1 Å². The van der Waals surface area contributed by atoms with Gasteiger partial charge in [-0.25, -0.2) is 0 Å². The van der Waals surface area contributed by atoms with E-state index in [1.54, 1.807) is 12.0 Å². The summed E-state index contributed by atoms with van der Waals surface area (Å²) in [6.45, 7) is 1.21. The number of anilines is 1. The van der Waals surface area contributed by atoms with Crippen LogP contribution in [0, 0.1) is 5.92 Å². The first kappa shape index (κ1) is 12.4. The molecule has 1 aliphatic rings. The van der Waals surface area contributed by atoms with Gasteiger partial charge in [0.1, 0.15) is 5.75 Å². The minimum absolute atomic E-state index is 0.108. The minimum Gasteiger partial charge on any atom is -0.495 e. The summed E-state index contributed by atoms with van der Waals surface area (Å²) in [5.41, 5.74) is 6.43. The first-order valence-electron chi connectivity index (χ1n) is 5.49. The Labute approximate surface area is 109 Å². The van der Waals surface area contributed by atoms with Gasteiger partial charge in [-0.2, -0.15) is 0 Å². The van der Waals surface area contributed by atoms with Gasteiger partial charge in [0.2, 0.25) is 5.91 Å². The average molecular weight is 299 g/mol. The highest BCUT2D eigenvalue weighted by Gasteiger charge is 2.31. The number of hydrogen-bond acceptors (Lipinski definition) is 3. The van der Waals surface area contributed by atoms with Gasteiger partial charge in [0, 0.05) is 17.4 Å². The van der Waals surface area contributed by atoms with Crippen LogP contribution < -0.4 is 15.4 Å². The van der Waals surface area contributed by atoms with Gasteiger partial charge in [0.25, 0.3) is 0 Å². The van der Waals surface area contributed by atoms with E-state index in [1.807, 2.05) is 18.2 Å². The van der Waals surface area contributed by atoms with Gasteiger partial charge in [-0.15, -0.1) is 0 Å². The molecule has 17 heavy (non-hydrogen) atoms. The summed E-state index contributed by atoms with van der Waals surface area (Å²) in [6, 6.07) is 5.64. The van der Waals surface area contributed by atoms with Crippen LogP contribution in [-0.2, 0) is 4.79 Å². The highest BCUT2D eigenvalue weighted by atomic mass is 79.9. The van der Waals surface area contributed by atoms with E-state index < -0.39 is 0 Å². The summed E-state index contributed by atoms with van der Waals surface area (Å²) in [5.74, 6) is 1.06. The van der Waals surface area contributed by atoms with Gasteiger partial charge in [-0.1, -0.05) is 15.9 Å². The van der Waals surface area contributed by atoms with Crippen molar-refractivity contribution in [2.24, 2.45) is 11.7 Å². The molecule has 1 atom stereocenters. The molecule has 92 valence electrons. The summed E-state index contributed by atoms with van der Waals surface area (Å²) < 4.78 is 6.21. The van der Waals surface area contributed by atoms with Crippen LogP contribution in [-0.4, -0.2) is 26.1 Å². The van der Waals surface area contributed by atoms with Crippen molar-refractivity contribution in [1.82, 2.24) is 0 Å². The Balaban J connectivity index is 2.33. The number of amides is 1. The molecule has 0 radical (unpaired) electrons. The van der Waals surface area contributed by atoms with Crippen molar-refractivity contribution in [3.05, 3.63) is 22.7 Å². The average Bonchev–Trinajstić information content (AvgIpc) is 2.70. The molecule has 0 spiro atoms. The lowest BCUT2D eigenvalue weighted by molar-refractivity contribution is -0.117. The third-order valence-electron chi connectivity index (χ3n) is 2.97. The van der Waals surface area contributed by atoms with Gasteiger partial charge in [-0.05, 0) is 30.7 Å². The van der Waals surface area contributed by atoms with Gasteiger partial charge < -0.3 is 15.4 Å². The Bertz CT molecular complexity index is 437. The van der Waals surface area contributed by atoms with Crippen molar-refractivity contribution < 1.29 is 9.53 Å². The molecule has 0 aromatic heterocycles. The number of hydrogen-bond donors (Lipinski definition) is 1. The van der Waals surface area contributed by atoms with Gasteiger partial charge in [0.05, 0.1) is 12.8 Å². The first-order valence-corrected chi connectivity index (χ1v) is 6.29. The highest BCUT2D eigenvalue weighted by Crippen LogP contribution is 2.34. The lowest BCUT2D eigenvalue weighted by atomic mass is 10.1. The summed E-state index contributed by atoms with van der Waals surface area (Å²) >= 11 is 3.41. The topological polar surface area (TPSA) is 55.6 Å².